The number of nitrogens with two attached hydrogens (primary N) is 1. The zero-order chi connectivity index (χ0) is 16.3. The SMILES string of the molecule is COc1cccc(-c2noc(C(C)NC(=O)C(C)(C)N)n2)c1. The molecule has 0 aliphatic heterocycles. The first-order chi connectivity index (χ1) is 10.3. The summed E-state index contributed by atoms with van der Waals surface area (Å²) >= 11 is 0. The highest BCUT2D eigenvalue weighted by Gasteiger charge is 2.25. The fraction of sp³-hybridized carbons (Fsp3) is 0.400. The second-order valence-corrected chi connectivity index (χ2v) is 5.61. The van der Waals surface area contributed by atoms with Gasteiger partial charge in [0.15, 0.2) is 0 Å². The van der Waals surface area contributed by atoms with Gasteiger partial charge in [0.1, 0.15) is 11.8 Å². The van der Waals surface area contributed by atoms with Crippen molar-refractivity contribution in [2.24, 2.45) is 5.73 Å². The maximum atomic E-state index is 11.9. The maximum Gasteiger partial charge on any atom is 0.249 e. The van der Waals surface area contributed by atoms with Crippen molar-refractivity contribution in [1.82, 2.24) is 15.5 Å². The molecule has 1 heterocycles. The van der Waals surface area contributed by atoms with Crippen molar-refractivity contribution >= 4 is 5.91 Å². The Balaban J connectivity index is 2.15. The highest BCUT2D eigenvalue weighted by Crippen LogP contribution is 2.22. The van der Waals surface area contributed by atoms with Crippen LogP contribution in [0.15, 0.2) is 28.8 Å². The predicted octanol–water partition coefficient (Wildman–Crippen LogP) is 1.66. The van der Waals surface area contributed by atoms with Gasteiger partial charge in [-0.25, -0.2) is 0 Å². The number of carbonyl (C=O) groups excluding carboxylic acids is 1. The molecule has 0 saturated carbocycles. The van der Waals surface area contributed by atoms with Gasteiger partial charge >= 0.3 is 0 Å². The van der Waals surface area contributed by atoms with Crippen LogP contribution < -0.4 is 15.8 Å². The van der Waals surface area contributed by atoms with Gasteiger partial charge in [-0.15, -0.1) is 0 Å². The van der Waals surface area contributed by atoms with Crippen molar-refractivity contribution in [3.05, 3.63) is 30.2 Å². The number of rotatable bonds is 5. The van der Waals surface area contributed by atoms with Gasteiger partial charge in [-0.2, -0.15) is 4.98 Å². The lowest BCUT2D eigenvalue weighted by atomic mass is 10.1. The van der Waals surface area contributed by atoms with Crippen molar-refractivity contribution in [2.45, 2.75) is 32.4 Å². The highest BCUT2D eigenvalue weighted by atomic mass is 16.5. The zero-order valence-corrected chi connectivity index (χ0v) is 13.1. The maximum absolute atomic E-state index is 11.9. The van der Waals surface area contributed by atoms with Crippen LogP contribution >= 0.6 is 0 Å². The fourth-order valence-electron chi connectivity index (χ4n) is 1.73. The lowest BCUT2D eigenvalue weighted by molar-refractivity contribution is -0.126. The minimum atomic E-state index is -0.968. The topological polar surface area (TPSA) is 103 Å². The summed E-state index contributed by atoms with van der Waals surface area (Å²) in [5, 5.41) is 6.67. The van der Waals surface area contributed by atoms with Gasteiger partial charge in [0.25, 0.3) is 0 Å². The number of ether oxygens (including phenoxy) is 1. The van der Waals surface area contributed by atoms with Crippen LogP contribution in [0.2, 0.25) is 0 Å². The minimum absolute atomic E-state index is 0.291. The van der Waals surface area contributed by atoms with E-state index in [1.807, 2.05) is 18.2 Å². The number of nitrogens with one attached hydrogen (secondary N) is 1. The lowest BCUT2D eigenvalue weighted by Gasteiger charge is -2.19. The Kier molecular flexibility index (Phi) is 4.46. The lowest BCUT2D eigenvalue weighted by Crippen LogP contribution is -2.49. The van der Waals surface area contributed by atoms with Crippen LogP contribution in [0.4, 0.5) is 0 Å². The van der Waals surface area contributed by atoms with Crippen LogP contribution in [0.25, 0.3) is 11.4 Å². The third-order valence-electron chi connectivity index (χ3n) is 3.07. The van der Waals surface area contributed by atoms with Gasteiger partial charge in [-0.1, -0.05) is 17.3 Å². The Morgan fingerprint density at radius 1 is 1.45 bits per heavy atom. The molecule has 7 nitrogen and oxygen atoms in total. The molecule has 0 radical (unpaired) electrons. The van der Waals surface area contributed by atoms with Crippen LogP contribution in [0.1, 0.15) is 32.7 Å². The van der Waals surface area contributed by atoms with Crippen LogP contribution in [-0.4, -0.2) is 28.7 Å². The van der Waals surface area contributed by atoms with Gasteiger partial charge < -0.3 is 20.3 Å². The number of carbonyl (C=O) groups is 1. The number of hydrogen-bond donors (Lipinski definition) is 2. The zero-order valence-electron chi connectivity index (χ0n) is 13.1. The normalized spacial score (nSPS) is 12.8. The van der Waals surface area contributed by atoms with E-state index in [1.165, 1.54) is 0 Å². The summed E-state index contributed by atoms with van der Waals surface area (Å²) in [5.41, 5.74) is 5.54. The summed E-state index contributed by atoms with van der Waals surface area (Å²) in [6, 6.07) is 6.90. The highest BCUT2D eigenvalue weighted by molar-refractivity contribution is 5.85. The molecule has 1 unspecified atom stereocenters. The van der Waals surface area contributed by atoms with E-state index < -0.39 is 11.6 Å². The molecule has 1 aromatic carbocycles. The Bertz CT molecular complexity index is 661. The molecular formula is C15H20N4O3. The Morgan fingerprint density at radius 3 is 2.82 bits per heavy atom. The van der Waals surface area contributed by atoms with Gasteiger partial charge in [-0.05, 0) is 32.9 Å². The van der Waals surface area contributed by atoms with Gasteiger partial charge in [0.05, 0.1) is 12.6 Å². The number of benzene rings is 1. The van der Waals surface area contributed by atoms with Gasteiger partial charge in [0, 0.05) is 5.56 Å². The second kappa shape index (κ2) is 6.15. The number of nitrogens with zero attached hydrogens (tertiary/aromatic N) is 2. The van der Waals surface area contributed by atoms with Crippen molar-refractivity contribution in [1.29, 1.82) is 0 Å². The van der Waals surface area contributed by atoms with Gasteiger partial charge in [0.2, 0.25) is 17.6 Å². The fourth-order valence-corrected chi connectivity index (χ4v) is 1.73. The molecule has 22 heavy (non-hydrogen) atoms. The second-order valence-electron chi connectivity index (χ2n) is 5.61. The van der Waals surface area contributed by atoms with E-state index in [1.54, 1.807) is 33.9 Å². The quantitative estimate of drug-likeness (QED) is 0.870. The third-order valence-corrected chi connectivity index (χ3v) is 3.07. The predicted molar refractivity (Wildman–Crippen MR) is 81.1 cm³/mol. The Morgan fingerprint density at radius 2 is 2.18 bits per heavy atom. The Labute approximate surface area is 128 Å². The average Bonchev–Trinajstić information content (AvgIpc) is 2.96. The first-order valence-corrected chi connectivity index (χ1v) is 6.89. The first-order valence-electron chi connectivity index (χ1n) is 6.89. The first kappa shape index (κ1) is 16.0. The molecular weight excluding hydrogens is 284 g/mol. The third kappa shape index (κ3) is 3.62. The largest absolute Gasteiger partial charge is 0.497 e. The molecule has 0 aliphatic rings. The van der Waals surface area contributed by atoms with E-state index in [-0.39, 0.29) is 5.91 Å². The molecule has 0 saturated heterocycles. The van der Waals surface area contributed by atoms with Crippen LogP contribution in [0, 0.1) is 0 Å². The molecule has 0 aliphatic carbocycles. The molecule has 3 N–H and O–H groups in total. The summed E-state index contributed by atoms with van der Waals surface area (Å²) < 4.78 is 10.4. The molecule has 2 aromatic rings. The molecule has 0 fully saturated rings. The van der Waals surface area contributed by atoms with E-state index >= 15 is 0 Å². The van der Waals surface area contributed by atoms with Crippen molar-refractivity contribution in [3.8, 4) is 17.1 Å². The van der Waals surface area contributed by atoms with Crippen molar-refractivity contribution < 1.29 is 14.1 Å². The number of amides is 1. The number of hydrogen-bond acceptors (Lipinski definition) is 6. The summed E-state index contributed by atoms with van der Waals surface area (Å²) in [6.45, 7) is 5.02. The Hall–Kier alpha value is -2.41. The molecule has 1 aromatic heterocycles. The molecule has 2 rings (SSSR count). The molecule has 118 valence electrons. The molecule has 0 bridgehead atoms. The number of methoxy groups -OCH3 is 1. The van der Waals surface area contributed by atoms with E-state index in [0.29, 0.717) is 17.5 Å². The summed E-state index contributed by atoms with van der Waals surface area (Å²) in [7, 11) is 1.59. The smallest absolute Gasteiger partial charge is 0.249 e. The average molecular weight is 304 g/mol. The molecule has 1 atom stereocenters. The monoisotopic (exact) mass is 304 g/mol. The van der Waals surface area contributed by atoms with Crippen LogP contribution in [-0.2, 0) is 4.79 Å². The van der Waals surface area contributed by atoms with Crippen molar-refractivity contribution in [2.75, 3.05) is 7.11 Å². The number of aromatic nitrogens is 2. The standard InChI is InChI=1S/C15H20N4O3/c1-9(17-14(20)15(2,3)16)13-18-12(19-22-13)10-6-5-7-11(8-10)21-4/h5-9H,16H2,1-4H3,(H,17,20). The van der Waals surface area contributed by atoms with Crippen LogP contribution in [0.3, 0.4) is 0 Å². The van der Waals surface area contributed by atoms with E-state index in [0.717, 1.165) is 5.56 Å². The summed E-state index contributed by atoms with van der Waals surface area (Å²) in [4.78, 5) is 16.2. The van der Waals surface area contributed by atoms with E-state index in [4.69, 9.17) is 15.0 Å². The molecule has 1 amide bonds. The molecule has 7 heteroatoms. The summed E-state index contributed by atoms with van der Waals surface area (Å²) in [5.74, 6) is 1.16. The summed E-state index contributed by atoms with van der Waals surface area (Å²) in [6.07, 6.45) is 0. The van der Waals surface area contributed by atoms with Crippen LogP contribution in [0.5, 0.6) is 5.75 Å². The van der Waals surface area contributed by atoms with E-state index in [2.05, 4.69) is 15.5 Å². The van der Waals surface area contributed by atoms with E-state index in [9.17, 15) is 4.79 Å². The van der Waals surface area contributed by atoms with Crippen molar-refractivity contribution in [3.63, 3.8) is 0 Å². The van der Waals surface area contributed by atoms with Gasteiger partial charge in [-0.3, -0.25) is 4.79 Å². The minimum Gasteiger partial charge on any atom is -0.497 e. The molecule has 0 spiro atoms.